The molecule has 0 amide bonds. The molecule has 0 unspecified atom stereocenters. The van der Waals surface area contributed by atoms with E-state index < -0.39 is 0 Å². The monoisotopic (exact) mass is 356 g/mol. The summed E-state index contributed by atoms with van der Waals surface area (Å²) in [5.41, 5.74) is 0.604. The molecule has 0 atom stereocenters. The molecule has 0 radical (unpaired) electrons. The summed E-state index contributed by atoms with van der Waals surface area (Å²) in [7, 11) is 0. The summed E-state index contributed by atoms with van der Waals surface area (Å²) in [5, 5.41) is 0. The van der Waals surface area contributed by atoms with E-state index in [9.17, 15) is 4.79 Å². The van der Waals surface area contributed by atoms with Crippen LogP contribution in [0.2, 0.25) is 0 Å². The molecule has 10 heavy (non-hydrogen) atoms. The SMILES string of the molecule is O=[C-]c1ccccc1.[CH]#[U]. The second-order valence-electron chi connectivity index (χ2n) is 1.47. The molecular weight excluding hydrogens is 350 g/mol. The van der Waals surface area contributed by atoms with Crippen molar-refractivity contribution in [3.8, 4) is 3.32 Å². The molecule has 0 saturated carbocycles. The molecule has 0 fully saturated rings. The van der Waals surface area contributed by atoms with Crippen LogP contribution in [-0.2, 0) is 4.79 Å². The topological polar surface area (TPSA) is 17.1 Å². The Bertz CT molecular complexity index is 203. The van der Waals surface area contributed by atoms with E-state index in [0.29, 0.717) is 34.3 Å². The third-order valence-corrected chi connectivity index (χ3v) is 0.892. The maximum atomic E-state index is 9.88. The van der Waals surface area contributed by atoms with Crippen molar-refractivity contribution >= 4 is 6.29 Å². The summed E-state index contributed by atoms with van der Waals surface area (Å²) >= 11 is 0.658. The van der Waals surface area contributed by atoms with Crippen molar-refractivity contribution in [2.45, 2.75) is 0 Å². The van der Waals surface area contributed by atoms with Gasteiger partial charge in [-0.05, 0) is 0 Å². The Balaban J connectivity index is 0.000000371. The van der Waals surface area contributed by atoms with E-state index in [1.165, 1.54) is 0 Å². The maximum absolute atomic E-state index is 9.88. The van der Waals surface area contributed by atoms with Crippen molar-refractivity contribution in [2.75, 3.05) is 0 Å². The first kappa shape index (κ1) is 9.72. The molecule has 1 aromatic carbocycles. The van der Waals surface area contributed by atoms with Gasteiger partial charge in [0.1, 0.15) is 0 Å². The number of benzene rings is 1. The summed E-state index contributed by atoms with van der Waals surface area (Å²) in [5.74, 6) is 0. The first-order valence-electron chi connectivity index (χ1n) is 2.65. The molecular formula is C8H6OU-. The Kier molecular flexibility index (Phi) is 6.65. The van der Waals surface area contributed by atoms with Crippen molar-refractivity contribution in [1.82, 2.24) is 0 Å². The Morgan fingerprint density at radius 2 is 1.70 bits per heavy atom. The predicted molar refractivity (Wildman–Crippen MR) is 36.2 cm³/mol. The van der Waals surface area contributed by atoms with E-state index in [1.54, 1.807) is 30.6 Å². The van der Waals surface area contributed by atoms with Gasteiger partial charge in [-0.3, -0.25) is 0 Å². The summed E-state index contributed by atoms with van der Waals surface area (Å²) in [6.07, 6.45) is 1.78. The van der Waals surface area contributed by atoms with Crippen LogP contribution in [0.4, 0.5) is 0 Å². The van der Waals surface area contributed by atoms with Gasteiger partial charge in [0.05, 0.1) is 6.29 Å². The van der Waals surface area contributed by atoms with Gasteiger partial charge in [-0.25, -0.2) is 0 Å². The first-order valence-corrected chi connectivity index (χ1v) is 5.06. The normalized spacial score (nSPS) is 7.30. The van der Waals surface area contributed by atoms with Crippen molar-refractivity contribution in [3.05, 3.63) is 35.9 Å². The van der Waals surface area contributed by atoms with Crippen LogP contribution in [-0.4, -0.2) is 6.29 Å². The second kappa shape index (κ2) is 6.84. The standard InChI is InChI=1S/C7H5O.CH.U/c8-6-7-4-2-1-3-5-7;;/h1-5H;1H;/q-1;;. The van der Waals surface area contributed by atoms with Crippen LogP contribution in [0, 0.1) is 32.0 Å². The average molecular weight is 356 g/mol. The predicted octanol–water partition coefficient (Wildman–Crippen LogP) is 1.27. The van der Waals surface area contributed by atoms with Crippen LogP contribution < -0.4 is 0 Å². The van der Waals surface area contributed by atoms with Crippen LogP contribution in [0.15, 0.2) is 30.3 Å². The molecule has 1 aromatic rings. The molecule has 0 bridgehead atoms. The van der Waals surface area contributed by atoms with Gasteiger partial charge in [-0.1, -0.05) is 6.07 Å². The van der Waals surface area contributed by atoms with Crippen molar-refractivity contribution in [2.24, 2.45) is 0 Å². The molecule has 0 heterocycles. The molecule has 1 nitrogen and oxygen atoms in total. The Morgan fingerprint density at radius 1 is 1.20 bits per heavy atom. The molecule has 0 aromatic heterocycles. The second-order valence-corrected chi connectivity index (χ2v) is 1.47. The Morgan fingerprint density at radius 3 is 2.00 bits per heavy atom. The van der Waals surface area contributed by atoms with Crippen LogP contribution >= 0.6 is 0 Å². The fraction of sp³-hybridized carbons (Fsp3) is 0. The van der Waals surface area contributed by atoms with Gasteiger partial charge >= 0.3 is 32.0 Å². The number of rotatable bonds is 1. The third kappa shape index (κ3) is 3.69. The quantitative estimate of drug-likeness (QED) is 0.693. The molecule has 2 heteroatoms. The molecule has 1 rings (SSSR count). The van der Waals surface area contributed by atoms with Crippen LogP contribution in [0.1, 0.15) is 5.56 Å². The zero-order valence-electron chi connectivity index (χ0n) is 5.37. The minimum absolute atomic E-state index is 0.604. The van der Waals surface area contributed by atoms with Crippen molar-refractivity contribution in [3.63, 3.8) is 0 Å². The Labute approximate surface area is 78.7 Å². The summed E-state index contributed by atoms with van der Waals surface area (Å²) < 4.78 is 4.67. The van der Waals surface area contributed by atoms with E-state index in [4.69, 9.17) is 0 Å². The van der Waals surface area contributed by atoms with E-state index in [1.807, 2.05) is 6.07 Å². The number of hydrogen-bond acceptors (Lipinski definition) is 1. The minimum atomic E-state index is 0.604. The molecule has 0 aliphatic rings. The molecule has 0 spiro atoms. The zero-order chi connectivity index (χ0) is 7.82. The molecule has 0 aliphatic heterocycles. The van der Waals surface area contributed by atoms with E-state index in [-0.39, 0.29) is 0 Å². The van der Waals surface area contributed by atoms with Gasteiger partial charge in [-0.15, -0.1) is 12.1 Å². The van der Waals surface area contributed by atoms with E-state index >= 15 is 0 Å². The van der Waals surface area contributed by atoms with E-state index in [0.717, 1.165) is 0 Å². The summed E-state index contributed by atoms with van der Waals surface area (Å²) in [4.78, 5) is 9.88. The van der Waals surface area contributed by atoms with Gasteiger partial charge in [-0.2, -0.15) is 17.7 Å². The third-order valence-electron chi connectivity index (χ3n) is 0.892. The first-order chi connectivity index (χ1) is 4.93. The number of carbonyl (C=O) groups excluding carboxylic acids is 1. The van der Waals surface area contributed by atoms with Gasteiger partial charge in [0.15, 0.2) is 0 Å². The molecule has 0 aliphatic carbocycles. The summed E-state index contributed by atoms with van der Waals surface area (Å²) in [6.45, 7) is 0. The zero-order valence-corrected chi connectivity index (χ0v) is 9.54. The van der Waals surface area contributed by atoms with Crippen LogP contribution in [0.25, 0.3) is 0 Å². The van der Waals surface area contributed by atoms with E-state index in [2.05, 4.69) is 3.32 Å². The Hall–Kier alpha value is -0.278. The van der Waals surface area contributed by atoms with Gasteiger partial charge in [0, 0.05) is 0 Å². The van der Waals surface area contributed by atoms with Crippen LogP contribution in [0.5, 0.6) is 0 Å². The summed E-state index contributed by atoms with van der Waals surface area (Å²) in [6, 6.07) is 8.90. The fourth-order valence-electron chi connectivity index (χ4n) is 0.506. The number of hydrogen-bond donors (Lipinski definition) is 0. The average Bonchev–Trinajstić information content (AvgIpc) is 2.10. The molecule has 49 valence electrons. The van der Waals surface area contributed by atoms with Crippen molar-refractivity contribution < 1.29 is 33.5 Å². The molecule has 0 N–H and O–H groups in total. The van der Waals surface area contributed by atoms with Gasteiger partial charge < -0.3 is 4.79 Å². The van der Waals surface area contributed by atoms with Gasteiger partial charge in [0.2, 0.25) is 0 Å². The van der Waals surface area contributed by atoms with Gasteiger partial charge in [0.25, 0.3) is 0 Å². The van der Waals surface area contributed by atoms with Crippen LogP contribution in [0.3, 0.4) is 0 Å². The fourth-order valence-corrected chi connectivity index (χ4v) is 0.506. The molecule has 0 saturated heterocycles. The van der Waals surface area contributed by atoms with Crippen molar-refractivity contribution in [1.29, 1.82) is 0 Å².